The Labute approximate surface area is 93.7 Å². The molecule has 0 aromatic carbocycles. The number of allylic oxidation sites excluding steroid dienone is 2. The summed E-state index contributed by atoms with van der Waals surface area (Å²) in [5, 5.41) is 0. The van der Waals surface area contributed by atoms with Crippen molar-refractivity contribution in [1.29, 1.82) is 0 Å². The molecule has 2 rings (SSSR count). The van der Waals surface area contributed by atoms with E-state index < -0.39 is 0 Å². The lowest BCUT2D eigenvalue weighted by molar-refractivity contribution is 0.0279. The summed E-state index contributed by atoms with van der Waals surface area (Å²) in [4.78, 5) is 4.86. The van der Waals surface area contributed by atoms with Crippen molar-refractivity contribution in [3.05, 3.63) is 11.5 Å². The van der Waals surface area contributed by atoms with E-state index >= 15 is 0 Å². The van der Waals surface area contributed by atoms with Crippen LogP contribution in [0.3, 0.4) is 0 Å². The van der Waals surface area contributed by atoms with Crippen LogP contribution in [0.5, 0.6) is 0 Å². The Bertz CT molecular complexity index is 238. The topological polar surface area (TPSA) is 15.7 Å². The lowest BCUT2D eigenvalue weighted by Gasteiger charge is -2.44. The summed E-state index contributed by atoms with van der Waals surface area (Å²) in [6, 6.07) is 0.572. The molecule has 3 nitrogen and oxygen atoms in total. The quantitative estimate of drug-likeness (QED) is 0.610. The predicted octanol–water partition coefficient (Wildman–Crippen LogP) is 1.91. The number of hydrogen-bond acceptors (Lipinski definition) is 3. The molecule has 1 fully saturated rings. The lowest BCUT2D eigenvalue weighted by atomic mass is 10.1. The van der Waals surface area contributed by atoms with Gasteiger partial charge in [-0.2, -0.15) is 0 Å². The highest BCUT2D eigenvalue weighted by molar-refractivity contribution is 5.09. The first-order valence-corrected chi connectivity index (χ1v) is 5.94. The van der Waals surface area contributed by atoms with E-state index in [1.54, 1.807) is 0 Å². The van der Waals surface area contributed by atoms with Crippen LogP contribution in [0, 0.1) is 0 Å². The molecule has 0 N–H and O–H groups in total. The third-order valence-electron chi connectivity index (χ3n) is 3.12. The molecule has 0 aliphatic carbocycles. The maximum absolute atomic E-state index is 5.62. The molecule has 0 saturated carbocycles. The van der Waals surface area contributed by atoms with E-state index in [1.807, 2.05) is 13.8 Å². The Hall–Kier alpha value is -0.700. The number of nitrogens with zero attached hydrogens (tertiary/aromatic N) is 2. The Kier molecular flexibility index (Phi) is 4.45. The van der Waals surface area contributed by atoms with Crippen LogP contribution in [0.15, 0.2) is 11.5 Å². The van der Waals surface area contributed by atoms with Crippen molar-refractivity contribution in [2.75, 3.05) is 33.3 Å². The summed E-state index contributed by atoms with van der Waals surface area (Å²) in [6.07, 6.45) is 0. The summed E-state index contributed by atoms with van der Waals surface area (Å²) >= 11 is 0. The van der Waals surface area contributed by atoms with Gasteiger partial charge in [-0.3, -0.25) is 0 Å². The first-order chi connectivity index (χ1) is 7.18. The van der Waals surface area contributed by atoms with Crippen LogP contribution < -0.4 is 0 Å². The van der Waals surface area contributed by atoms with Crippen LogP contribution in [-0.2, 0) is 4.74 Å². The molecule has 0 spiro atoms. The van der Waals surface area contributed by atoms with Gasteiger partial charge in [-0.05, 0) is 20.9 Å². The second-order valence-corrected chi connectivity index (χ2v) is 4.06. The van der Waals surface area contributed by atoms with Gasteiger partial charge >= 0.3 is 0 Å². The zero-order valence-corrected chi connectivity index (χ0v) is 10.7. The van der Waals surface area contributed by atoms with E-state index in [0.29, 0.717) is 6.04 Å². The van der Waals surface area contributed by atoms with Crippen molar-refractivity contribution in [1.82, 2.24) is 9.80 Å². The summed E-state index contributed by atoms with van der Waals surface area (Å²) in [5.41, 5.74) is 1.32. The number of likely N-dealkylation sites (N-methyl/N-ethyl adjacent to an activating group) is 1. The van der Waals surface area contributed by atoms with Crippen LogP contribution >= 0.6 is 0 Å². The van der Waals surface area contributed by atoms with Crippen LogP contribution in [0.4, 0.5) is 0 Å². The van der Waals surface area contributed by atoms with Gasteiger partial charge in [0.15, 0.2) is 0 Å². The van der Waals surface area contributed by atoms with Gasteiger partial charge in [0.1, 0.15) is 12.4 Å². The highest BCUT2D eigenvalue weighted by Gasteiger charge is 2.29. The van der Waals surface area contributed by atoms with Gasteiger partial charge in [-0.25, -0.2) is 0 Å². The van der Waals surface area contributed by atoms with Gasteiger partial charge in [0, 0.05) is 25.3 Å². The maximum Gasteiger partial charge on any atom is 0.112 e. The summed E-state index contributed by atoms with van der Waals surface area (Å²) in [6.45, 7) is 12.5. The van der Waals surface area contributed by atoms with Crippen molar-refractivity contribution >= 4 is 0 Å². The molecule has 0 bridgehead atoms. The largest absolute Gasteiger partial charge is 0.494 e. The molecule has 2 heterocycles. The summed E-state index contributed by atoms with van der Waals surface area (Å²) in [5.74, 6) is 1.10. The summed E-state index contributed by atoms with van der Waals surface area (Å²) < 4.78 is 5.62. The van der Waals surface area contributed by atoms with Crippen LogP contribution in [-0.4, -0.2) is 49.1 Å². The Balaban J connectivity index is 0.000000531. The van der Waals surface area contributed by atoms with Gasteiger partial charge in [0.05, 0.1) is 6.04 Å². The molecule has 1 unspecified atom stereocenters. The predicted molar refractivity (Wildman–Crippen MR) is 63.7 cm³/mol. The smallest absolute Gasteiger partial charge is 0.112 e. The first kappa shape index (κ1) is 12.4. The molecule has 15 heavy (non-hydrogen) atoms. The monoisotopic (exact) mass is 212 g/mol. The minimum atomic E-state index is 0.572. The van der Waals surface area contributed by atoms with Crippen LogP contribution in [0.25, 0.3) is 0 Å². The van der Waals surface area contributed by atoms with E-state index in [0.717, 1.165) is 25.5 Å². The lowest BCUT2D eigenvalue weighted by Crippen LogP contribution is -2.54. The van der Waals surface area contributed by atoms with Crippen molar-refractivity contribution in [2.24, 2.45) is 0 Å². The number of hydrogen-bond donors (Lipinski definition) is 0. The van der Waals surface area contributed by atoms with Crippen molar-refractivity contribution < 1.29 is 4.74 Å². The zero-order valence-electron chi connectivity index (χ0n) is 10.7. The number of fused-ring (bicyclic) bond motifs is 1. The Morgan fingerprint density at radius 2 is 1.87 bits per heavy atom. The minimum absolute atomic E-state index is 0.572. The molecule has 3 heteroatoms. The number of ether oxygens (including phenoxy) is 1. The van der Waals surface area contributed by atoms with E-state index in [9.17, 15) is 0 Å². The third-order valence-corrected chi connectivity index (χ3v) is 3.12. The number of rotatable bonds is 0. The standard InChI is InChI=1S/C10H18N2O.C2H6/c1-8-9(2)13-7-10-6-11(3)4-5-12(8)10;1-2/h10H,4-7H2,1-3H3;1-2H3. The SMILES string of the molecule is CC.CC1=C(C)N2CCN(C)CC2CO1. The van der Waals surface area contributed by atoms with E-state index in [4.69, 9.17) is 4.74 Å². The normalized spacial score (nSPS) is 26.5. The zero-order chi connectivity index (χ0) is 11.4. The van der Waals surface area contributed by atoms with Gasteiger partial charge in [-0.15, -0.1) is 0 Å². The van der Waals surface area contributed by atoms with E-state index in [2.05, 4.69) is 30.7 Å². The minimum Gasteiger partial charge on any atom is -0.494 e. The molecular formula is C12H24N2O. The first-order valence-electron chi connectivity index (χ1n) is 5.94. The summed E-state index contributed by atoms with van der Waals surface area (Å²) in [7, 11) is 2.18. The van der Waals surface area contributed by atoms with Gasteiger partial charge < -0.3 is 14.5 Å². The van der Waals surface area contributed by atoms with Crippen LogP contribution in [0.2, 0.25) is 0 Å². The fraction of sp³-hybridized carbons (Fsp3) is 0.833. The molecular weight excluding hydrogens is 188 g/mol. The van der Waals surface area contributed by atoms with Gasteiger partial charge in [-0.1, -0.05) is 13.8 Å². The highest BCUT2D eigenvalue weighted by atomic mass is 16.5. The fourth-order valence-corrected chi connectivity index (χ4v) is 2.12. The van der Waals surface area contributed by atoms with Gasteiger partial charge in [0.2, 0.25) is 0 Å². The van der Waals surface area contributed by atoms with E-state index in [-0.39, 0.29) is 0 Å². The van der Waals surface area contributed by atoms with Crippen molar-refractivity contribution in [3.63, 3.8) is 0 Å². The molecule has 88 valence electrons. The average molecular weight is 212 g/mol. The number of piperazine rings is 1. The highest BCUT2D eigenvalue weighted by Crippen LogP contribution is 2.23. The molecule has 1 saturated heterocycles. The van der Waals surface area contributed by atoms with Gasteiger partial charge in [0.25, 0.3) is 0 Å². The van der Waals surface area contributed by atoms with E-state index in [1.165, 1.54) is 12.2 Å². The Morgan fingerprint density at radius 1 is 1.20 bits per heavy atom. The second kappa shape index (κ2) is 5.40. The fourth-order valence-electron chi connectivity index (χ4n) is 2.12. The maximum atomic E-state index is 5.62. The van der Waals surface area contributed by atoms with Crippen molar-refractivity contribution in [3.8, 4) is 0 Å². The third kappa shape index (κ3) is 2.65. The molecule has 1 atom stereocenters. The molecule has 0 amide bonds. The average Bonchev–Trinajstić information content (AvgIpc) is 2.26. The van der Waals surface area contributed by atoms with Crippen molar-refractivity contribution in [2.45, 2.75) is 33.7 Å². The molecule has 0 aromatic heterocycles. The second-order valence-electron chi connectivity index (χ2n) is 4.06. The molecule has 2 aliphatic rings. The Morgan fingerprint density at radius 3 is 2.53 bits per heavy atom. The molecule has 0 aromatic rings. The molecule has 0 radical (unpaired) electrons. The molecule has 2 aliphatic heterocycles. The van der Waals surface area contributed by atoms with Crippen LogP contribution in [0.1, 0.15) is 27.7 Å².